The number of rotatable bonds is 10. The van der Waals surface area contributed by atoms with E-state index in [-0.39, 0.29) is 18.5 Å². The average molecular weight is 500 g/mol. The third-order valence-corrected chi connectivity index (χ3v) is 5.44. The molecule has 0 aliphatic heterocycles. The van der Waals surface area contributed by atoms with Gasteiger partial charge in [0.15, 0.2) is 0 Å². The molecule has 0 saturated carbocycles. The summed E-state index contributed by atoms with van der Waals surface area (Å²) in [5.41, 5.74) is 1.53. The smallest absolute Gasteiger partial charge is 0.416 e. The van der Waals surface area contributed by atoms with Crippen molar-refractivity contribution in [2.75, 3.05) is 25.5 Å². The Morgan fingerprint density at radius 3 is 2.33 bits per heavy atom. The van der Waals surface area contributed by atoms with Gasteiger partial charge in [-0.1, -0.05) is 35.9 Å². The Morgan fingerprint density at radius 2 is 1.67 bits per heavy atom. The van der Waals surface area contributed by atoms with E-state index in [4.69, 9.17) is 4.74 Å². The molecule has 0 heterocycles. The number of methoxy groups -OCH3 is 1. The molecule has 0 aliphatic rings. The highest BCUT2D eigenvalue weighted by Crippen LogP contribution is 2.29. The number of carbonyl (C=O) groups is 2. The Morgan fingerprint density at radius 1 is 0.944 bits per heavy atom. The number of hydrogen-bond donors (Lipinski definition) is 3. The number of anilines is 1. The fraction of sp³-hybridized carbons (Fsp3) is 0.259. The fourth-order valence-electron chi connectivity index (χ4n) is 3.57. The molecule has 0 aromatic heterocycles. The quantitative estimate of drug-likeness (QED) is 0.357. The van der Waals surface area contributed by atoms with Crippen LogP contribution in [-0.4, -0.2) is 38.1 Å². The molecule has 0 aliphatic carbocycles. The largest absolute Gasteiger partial charge is 0.497 e. The minimum atomic E-state index is -4.51. The summed E-state index contributed by atoms with van der Waals surface area (Å²) < 4.78 is 44.6. The van der Waals surface area contributed by atoms with Crippen molar-refractivity contribution in [2.24, 2.45) is 0 Å². The van der Waals surface area contributed by atoms with Crippen LogP contribution in [0.4, 0.5) is 18.9 Å². The predicted octanol–water partition coefficient (Wildman–Crippen LogP) is 4.59. The van der Waals surface area contributed by atoms with Crippen molar-refractivity contribution in [3.05, 3.63) is 95.1 Å². The molecule has 3 N–H and O–H groups in total. The van der Waals surface area contributed by atoms with E-state index in [1.165, 1.54) is 12.1 Å². The first-order valence-corrected chi connectivity index (χ1v) is 11.3. The molecule has 0 spiro atoms. The summed E-state index contributed by atoms with van der Waals surface area (Å²) in [6.07, 6.45) is -4.61. The zero-order chi connectivity index (χ0) is 26.1. The third kappa shape index (κ3) is 7.76. The number of ether oxygens (including phenoxy) is 1. The van der Waals surface area contributed by atoms with E-state index in [2.05, 4.69) is 16.0 Å². The van der Waals surface area contributed by atoms with Crippen LogP contribution in [0.25, 0.3) is 0 Å². The zero-order valence-corrected chi connectivity index (χ0v) is 20.0. The first-order chi connectivity index (χ1) is 17.2. The summed E-state index contributed by atoms with van der Waals surface area (Å²) in [6.45, 7) is 2.48. The second-order valence-electron chi connectivity index (χ2n) is 8.24. The Labute approximate surface area is 207 Å². The molecule has 2 amide bonds. The van der Waals surface area contributed by atoms with Crippen molar-refractivity contribution >= 4 is 17.5 Å². The minimum Gasteiger partial charge on any atom is -0.497 e. The second kappa shape index (κ2) is 12.1. The standard InChI is InChI=1S/C27H28F3N3O3/c1-18-5-3-7-20(15-18)25(34)33-24(17-19-6-4-8-21(16-19)27(28,29)30)26(35)32-14-13-31-22-9-11-23(36-2)12-10-22/h3-12,15-16,24,31H,13-14,17H2,1-2H3,(H,32,35)(H,33,34). The summed E-state index contributed by atoms with van der Waals surface area (Å²) in [7, 11) is 1.57. The van der Waals surface area contributed by atoms with Gasteiger partial charge >= 0.3 is 6.18 Å². The Hall–Kier alpha value is -4.01. The van der Waals surface area contributed by atoms with Crippen molar-refractivity contribution in [3.8, 4) is 5.75 Å². The van der Waals surface area contributed by atoms with E-state index in [0.717, 1.165) is 29.1 Å². The maximum absolute atomic E-state index is 13.2. The molecule has 0 fully saturated rings. The molecule has 0 radical (unpaired) electrons. The maximum atomic E-state index is 13.2. The first kappa shape index (κ1) is 26.6. The van der Waals surface area contributed by atoms with Gasteiger partial charge in [0, 0.05) is 30.8 Å². The molecule has 6 nitrogen and oxygen atoms in total. The zero-order valence-electron chi connectivity index (χ0n) is 20.0. The molecule has 3 aromatic carbocycles. The van der Waals surface area contributed by atoms with E-state index in [9.17, 15) is 22.8 Å². The van der Waals surface area contributed by atoms with Gasteiger partial charge in [0.25, 0.3) is 5.91 Å². The molecule has 36 heavy (non-hydrogen) atoms. The van der Waals surface area contributed by atoms with Crippen molar-refractivity contribution in [1.82, 2.24) is 10.6 Å². The van der Waals surface area contributed by atoms with Crippen LogP contribution in [0.3, 0.4) is 0 Å². The lowest BCUT2D eigenvalue weighted by Crippen LogP contribution is -2.48. The van der Waals surface area contributed by atoms with Gasteiger partial charge in [0.2, 0.25) is 5.91 Å². The first-order valence-electron chi connectivity index (χ1n) is 11.3. The van der Waals surface area contributed by atoms with Gasteiger partial charge in [0.1, 0.15) is 11.8 Å². The van der Waals surface area contributed by atoms with Gasteiger partial charge < -0.3 is 20.7 Å². The van der Waals surface area contributed by atoms with Gasteiger partial charge in [-0.15, -0.1) is 0 Å². The third-order valence-electron chi connectivity index (χ3n) is 5.44. The Bertz CT molecular complexity index is 1180. The molecule has 1 unspecified atom stereocenters. The number of hydrogen-bond acceptors (Lipinski definition) is 4. The molecule has 190 valence electrons. The highest BCUT2D eigenvalue weighted by atomic mass is 19.4. The molecule has 0 saturated heterocycles. The Balaban J connectivity index is 1.67. The SMILES string of the molecule is COc1ccc(NCCNC(=O)C(Cc2cccc(C(F)(F)F)c2)NC(=O)c2cccc(C)c2)cc1. The highest BCUT2D eigenvalue weighted by molar-refractivity contribution is 5.97. The summed E-state index contributed by atoms with van der Waals surface area (Å²) >= 11 is 0. The van der Waals surface area contributed by atoms with Crippen LogP contribution in [0, 0.1) is 6.92 Å². The Kier molecular flexibility index (Phi) is 8.94. The molecule has 1 atom stereocenters. The monoisotopic (exact) mass is 499 g/mol. The number of alkyl halides is 3. The highest BCUT2D eigenvalue weighted by Gasteiger charge is 2.31. The number of carbonyl (C=O) groups excluding carboxylic acids is 2. The molecular weight excluding hydrogens is 471 g/mol. The number of halogens is 3. The summed E-state index contributed by atoms with van der Waals surface area (Å²) in [6, 6.07) is 17.8. The molecule has 3 rings (SSSR count). The number of aryl methyl sites for hydroxylation is 1. The summed E-state index contributed by atoms with van der Waals surface area (Å²) in [5, 5.41) is 8.57. The molecule has 3 aromatic rings. The van der Waals surface area contributed by atoms with Crippen LogP contribution in [0.1, 0.15) is 27.0 Å². The van der Waals surface area contributed by atoms with E-state index >= 15 is 0 Å². The van der Waals surface area contributed by atoms with Crippen molar-refractivity contribution < 1.29 is 27.5 Å². The number of amides is 2. The summed E-state index contributed by atoms with van der Waals surface area (Å²) in [5.74, 6) is -0.261. The normalized spacial score (nSPS) is 11.9. The minimum absolute atomic E-state index is 0.0980. The molecule has 9 heteroatoms. The van der Waals surface area contributed by atoms with Crippen molar-refractivity contribution in [2.45, 2.75) is 25.6 Å². The topological polar surface area (TPSA) is 79.5 Å². The van der Waals surface area contributed by atoms with E-state index < -0.39 is 29.6 Å². The fourth-order valence-corrected chi connectivity index (χ4v) is 3.57. The average Bonchev–Trinajstić information content (AvgIpc) is 2.86. The van der Waals surface area contributed by atoms with Crippen LogP contribution >= 0.6 is 0 Å². The number of nitrogens with one attached hydrogen (secondary N) is 3. The second-order valence-corrected chi connectivity index (χ2v) is 8.24. The van der Waals surface area contributed by atoms with Crippen molar-refractivity contribution in [1.29, 1.82) is 0 Å². The van der Waals surface area contributed by atoms with Crippen LogP contribution in [0.5, 0.6) is 5.75 Å². The van der Waals surface area contributed by atoms with Crippen LogP contribution in [0.2, 0.25) is 0 Å². The van der Waals surface area contributed by atoms with Gasteiger partial charge in [-0.3, -0.25) is 9.59 Å². The van der Waals surface area contributed by atoms with Gasteiger partial charge in [-0.05, 0) is 55.0 Å². The molecule has 0 bridgehead atoms. The van der Waals surface area contributed by atoms with E-state index in [1.54, 1.807) is 37.4 Å². The van der Waals surface area contributed by atoms with Crippen LogP contribution < -0.4 is 20.7 Å². The van der Waals surface area contributed by atoms with E-state index in [0.29, 0.717) is 12.1 Å². The number of benzene rings is 3. The van der Waals surface area contributed by atoms with Gasteiger partial charge in [0.05, 0.1) is 12.7 Å². The maximum Gasteiger partial charge on any atom is 0.416 e. The van der Waals surface area contributed by atoms with Gasteiger partial charge in [-0.2, -0.15) is 13.2 Å². The van der Waals surface area contributed by atoms with Crippen LogP contribution in [0.15, 0.2) is 72.8 Å². The predicted molar refractivity (Wildman–Crippen MR) is 132 cm³/mol. The lowest BCUT2D eigenvalue weighted by molar-refractivity contribution is -0.137. The van der Waals surface area contributed by atoms with Gasteiger partial charge in [-0.25, -0.2) is 0 Å². The van der Waals surface area contributed by atoms with E-state index in [1.807, 2.05) is 25.1 Å². The summed E-state index contributed by atoms with van der Waals surface area (Å²) in [4.78, 5) is 25.8. The van der Waals surface area contributed by atoms with Crippen LogP contribution in [-0.2, 0) is 17.4 Å². The lowest BCUT2D eigenvalue weighted by Gasteiger charge is -2.20. The molecular formula is C27H28F3N3O3. The lowest BCUT2D eigenvalue weighted by atomic mass is 10.0. The van der Waals surface area contributed by atoms with Crippen molar-refractivity contribution in [3.63, 3.8) is 0 Å².